The molecule has 84 valence electrons. The number of carbonyl (C=O) groups is 1. The molecule has 2 aliphatic rings. The van der Waals surface area contributed by atoms with Crippen LogP contribution in [0, 0.1) is 0 Å². The maximum atomic E-state index is 11.2. The van der Waals surface area contributed by atoms with Gasteiger partial charge in [-0.15, -0.1) is 0 Å². The van der Waals surface area contributed by atoms with Gasteiger partial charge in [-0.2, -0.15) is 0 Å². The molecule has 15 heavy (non-hydrogen) atoms. The van der Waals surface area contributed by atoms with Crippen LogP contribution in [0.3, 0.4) is 0 Å². The maximum Gasteiger partial charge on any atom is 0.330 e. The van der Waals surface area contributed by atoms with Crippen molar-refractivity contribution in [2.45, 2.75) is 38.6 Å². The van der Waals surface area contributed by atoms with Gasteiger partial charge >= 0.3 is 5.97 Å². The van der Waals surface area contributed by atoms with Gasteiger partial charge in [0.05, 0.1) is 6.61 Å². The van der Waals surface area contributed by atoms with E-state index in [0.717, 1.165) is 32.0 Å². The molecule has 3 nitrogen and oxygen atoms in total. The highest BCUT2D eigenvalue weighted by Crippen LogP contribution is 2.30. The van der Waals surface area contributed by atoms with E-state index in [1.54, 1.807) is 6.08 Å². The normalized spacial score (nSPS) is 22.6. The van der Waals surface area contributed by atoms with E-state index in [4.69, 9.17) is 4.74 Å². The molecule has 0 radical (unpaired) electrons. The van der Waals surface area contributed by atoms with Crippen molar-refractivity contribution in [1.29, 1.82) is 0 Å². The topological polar surface area (TPSA) is 29.5 Å². The van der Waals surface area contributed by atoms with Crippen LogP contribution < -0.4 is 0 Å². The van der Waals surface area contributed by atoms with Crippen molar-refractivity contribution in [3.63, 3.8) is 0 Å². The van der Waals surface area contributed by atoms with Gasteiger partial charge in [-0.25, -0.2) is 4.79 Å². The van der Waals surface area contributed by atoms with E-state index in [-0.39, 0.29) is 5.97 Å². The molecule has 0 bridgehead atoms. The van der Waals surface area contributed by atoms with Gasteiger partial charge in [0.1, 0.15) is 0 Å². The van der Waals surface area contributed by atoms with E-state index >= 15 is 0 Å². The standard InChI is InChI=1S/C12H19NO2/c1-2-15-12(14)9-10-5-7-13(8-6-10)11-3-4-11/h9,11H,2-8H2,1H3. The molecule has 0 aromatic heterocycles. The predicted octanol–water partition coefficient (Wildman–Crippen LogP) is 1.73. The molecule has 0 spiro atoms. The Morgan fingerprint density at radius 1 is 1.47 bits per heavy atom. The van der Waals surface area contributed by atoms with Gasteiger partial charge in [-0.3, -0.25) is 4.90 Å². The van der Waals surface area contributed by atoms with E-state index in [9.17, 15) is 4.79 Å². The van der Waals surface area contributed by atoms with Gasteiger partial charge < -0.3 is 4.74 Å². The number of hydrogen-bond donors (Lipinski definition) is 0. The quantitative estimate of drug-likeness (QED) is 0.523. The molecule has 2 rings (SSSR count). The summed E-state index contributed by atoms with van der Waals surface area (Å²) in [4.78, 5) is 13.8. The smallest absolute Gasteiger partial charge is 0.330 e. The molecule has 1 aliphatic carbocycles. The van der Waals surface area contributed by atoms with Crippen molar-refractivity contribution in [3.05, 3.63) is 11.6 Å². The zero-order valence-electron chi connectivity index (χ0n) is 9.37. The molecule has 1 saturated heterocycles. The lowest BCUT2D eigenvalue weighted by Crippen LogP contribution is -2.32. The minimum Gasteiger partial charge on any atom is -0.463 e. The molecular formula is C12H19NO2. The van der Waals surface area contributed by atoms with Crippen LogP contribution in [0.1, 0.15) is 32.6 Å². The van der Waals surface area contributed by atoms with E-state index in [2.05, 4.69) is 4.90 Å². The minimum atomic E-state index is -0.174. The van der Waals surface area contributed by atoms with Crippen molar-refractivity contribution in [2.75, 3.05) is 19.7 Å². The predicted molar refractivity (Wildman–Crippen MR) is 58.5 cm³/mol. The Kier molecular flexibility index (Phi) is 3.41. The number of carbonyl (C=O) groups excluding carboxylic acids is 1. The average molecular weight is 209 g/mol. The van der Waals surface area contributed by atoms with Crippen molar-refractivity contribution >= 4 is 5.97 Å². The van der Waals surface area contributed by atoms with Crippen LogP contribution in [0.2, 0.25) is 0 Å². The summed E-state index contributed by atoms with van der Waals surface area (Å²) in [6.07, 6.45) is 6.51. The molecule has 0 aromatic carbocycles. The third-order valence-electron chi connectivity index (χ3n) is 3.11. The second-order valence-corrected chi connectivity index (χ2v) is 4.32. The number of rotatable bonds is 3. The molecule has 1 aliphatic heterocycles. The molecule has 0 unspecified atom stereocenters. The van der Waals surface area contributed by atoms with Gasteiger partial charge in [-0.05, 0) is 32.6 Å². The van der Waals surface area contributed by atoms with Crippen LogP contribution in [-0.2, 0) is 9.53 Å². The summed E-state index contributed by atoms with van der Waals surface area (Å²) < 4.78 is 4.90. The van der Waals surface area contributed by atoms with Gasteiger partial charge in [0.15, 0.2) is 0 Å². The Bertz CT molecular complexity index is 259. The van der Waals surface area contributed by atoms with E-state index in [1.807, 2.05) is 6.92 Å². The van der Waals surface area contributed by atoms with Crippen LogP contribution in [0.5, 0.6) is 0 Å². The first-order valence-corrected chi connectivity index (χ1v) is 5.90. The maximum absolute atomic E-state index is 11.2. The lowest BCUT2D eigenvalue weighted by atomic mass is 10.0. The van der Waals surface area contributed by atoms with Crippen LogP contribution in [0.25, 0.3) is 0 Å². The van der Waals surface area contributed by atoms with Gasteiger partial charge in [0.25, 0.3) is 0 Å². The summed E-state index contributed by atoms with van der Waals surface area (Å²) >= 11 is 0. The fourth-order valence-electron chi connectivity index (χ4n) is 2.11. The Morgan fingerprint density at radius 3 is 2.67 bits per heavy atom. The molecule has 0 N–H and O–H groups in total. The zero-order chi connectivity index (χ0) is 10.7. The number of likely N-dealkylation sites (tertiary alicyclic amines) is 1. The van der Waals surface area contributed by atoms with Crippen LogP contribution in [0.15, 0.2) is 11.6 Å². The monoisotopic (exact) mass is 209 g/mol. The Labute approximate surface area is 91.1 Å². The molecule has 1 saturated carbocycles. The highest BCUT2D eigenvalue weighted by atomic mass is 16.5. The highest BCUT2D eigenvalue weighted by molar-refractivity contribution is 5.82. The molecule has 1 heterocycles. The number of nitrogens with zero attached hydrogens (tertiary/aromatic N) is 1. The first-order valence-electron chi connectivity index (χ1n) is 5.90. The van der Waals surface area contributed by atoms with Crippen LogP contribution in [0.4, 0.5) is 0 Å². The Hall–Kier alpha value is -0.830. The lowest BCUT2D eigenvalue weighted by Gasteiger charge is -2.27. The summed E-state index contributed by atoms with van der Waals surface area (Å²) in [5.41, 5.74) is 1.25. The third-order valence-corrected chi connectivity index (χ3v) is 3.11. The largest absolute Gasteiger partial charge is 0.463 e. The fourth-order valence-corrected chi connectivity index (χ4v) is 2.11. The SMILES string of the molecule is CCOC(=O)C=C1CCN(C2CC2)CC1. The van der Waals surface area contributed by atoms with E-state index in [1.165, 1.54) is 18.4 Å². The van der Waals surface area contributed by atoms with Crippen molar-refractivity contribution in [2.24, 2.45) is 0 Å². The molecular weight excluding hydrogens is 190 g/mol. The van der Waals surface area contributed by atoms with E-state index < -0.39 is 0 Å². The van der Waals surface area contributed by atoms with Crippen LogP contribution in [-0.4, -0.2) is 36.6 Å². The van der Waals surface area contributed by atoms with E-state index in [0.29, 0.717) is 6.61 Å². The summed E-state index contributed by atoms with van der Waals surface area (Å²) in [5.74, 6) is -0.174. The number of esters is 1. The molecule has 0 atom stereocenters. The van der Waals surface area contributed by atoms with Gasteiger partial charge in [0.2, 0.25) is 0 Å². The zero-order valence-corrected chi connectivity index (χ0v) is 9.37. The second-order valence-electron chi connectivity index (χ2n) is 4.32. The third kappa shape index (κ3) is 3.06. The summed E-state index contributed by atoms with van der Waals surface area (Å²) in [6.45, 7) is 4.55. The molecule has 0 amide bonds. The second kappa shape index (κ2) is 4.79. The van der Waals surface area contributed by atoms with Gasteiger partial charge in [0, 0.05) is 25.2 Å². The highest BCUT2D eigenvalue weighted by Gasteiger charge is 2.30. The van der Waals surface area contributed by atoms with Crippen molar-refractivity contribution in [1.82, 2.24) is 4.90 Å². The molecule has 3 heteroatoms. The molecule has 0 aromatic rings. The molecule has 2 fully saturated rings. The summed E-state index contributed by atoms with van der Waals surface area (Å²) in [5, 5.41) is 0. The summed E-state index contributed by atoms with van der Waals surface area (Å²) in [7, 11) is 0. The van der Waals surface area contributed by atoms with Crippen molar-refractivity contribution < 1.29 is 9.53 Å². The number of ether oxygens (including phenoxy) is 1. The number of hydrogen-bond acceptors (Lipinski definition) is 3. The van der Waals surface area contributed by atoms with Crippen LogP contribution >= 0.6 is 0 Å². The average Bonchev–Trinajstić information content (AvgIpc) is 3.03. The number of piperidine rings is 1. The van der Waals surface area contributed by atoms with Crippen molar-refractivity contribution in [3.8, 4) is 0 Å². The lowest BCUT2D eigenvalue weighted by molar-refractivity contribution is -0.137. The minimum absolute atomic E-state index is 0.174. The van der Waals surface area contributed by atoms with Gasteiger partial charge in [-0.1, -0.05) is 5.57 Å². The Morgan fingerprint density at radius 2 is 2.13 bits per heavy atom. The first-order chi connectivity index (χ1) is 7.29. The fraction of sp³-hybridized carbons (Fsp3) is 0.750. The Balaban J connectivity index is 1.78. The summed E-state index contributed by atoms with van der Waals surface area (Å²) in [6, 6.07) is 0.856. The first kappa shape index (κ1) is 10.7.